The number of likely N-dealkylation sites (tertiary alicyclic amines) is 1. The molecule has 0 saturated carbocycles. The van der Waals surface area contributed by atoms with Gasteiger partial charge < -0.3 is 9.42 Å². The molecule has 1 amide bonds. The van der Waals surface area contributed by atoms with Crippen molar-refractivity contribution in [3.8, 4) is 0 Å². The number of piperidine rings is 1. The van der Waals surface area contributed by atoms with Crippen LogP contribution in [0.25, 0.3) is 0 Å². The Bertz CT molecular complexity index is 602. The molecule has 2 aromatic rings. The first-order chi connectivity index (χ1) is 9.77. The summed E-state index contributed by atoms with van der Waals surface area (Å²) in [5.41, 5.74) is 0.607. The molecular formula is C13H13BrN4O2. The number of pyridine rings is 1. The molecule has 1 aliphatic heterocycles. The van der Waals surface area contributed by atoms with Crippen molar-refractivity contribution in [2.24, 2.45) is 0 Å². The molecule has 1 atom stereocenters. The lowest BCUT2D eigenvalue weighted by Crippen LogP contribution is -2.39. The summed E-state index contributed by atoms with van der Waals surface area (Å²) < 4.78 is 5.50. The summed E-state index contributed by atoms with van der Waals surface area (Å²) in [6, 6.07) is 1.60. The molecule has 0 bridgehead atoms. The first-order valence-electron chi connectivity index (χ1n) is 6.44. The van der Waals surface area contributed by atoms with Gasteiger partial charge in [-0.15, -0.1) is 0 Å². The topological polar surface area (TPSA) is 72.1 Å². The molecular weight excluding hydrogens is 324 g/mol. The van der Waals surface area contributed by atoms with E-state index in [9.17, 15) is 4.79 Å². The van der Waals surface area contributed by atoms with Gasteiger partial charge in [-0.25, -0.2) is 0 Å². The monoisotopic (exact) mass is 336 g/mol. The highest BCUT2D eigenvalue weighted by molar-refractivity contribution is 9.10. The van der Waals surface area contributed by atoms with Gasteiger partial charge in [0, 0.05) is 23.4 Å². The van der Waals surface area contributed by atoms with E-state index in [1.165, 1.54) is 6.39 Å². The molecule has 0 unspecified atom stereocenters. The minimum absolute atomic E-state index is 0.0335. The Kier molecular flexibility index (Phi) is 3.77. The number of hydrogen-bond acceptors (Lipinski definition) is 5. The van der Waals surface area contributed by atoms with Gasteiger partial charge >= 0.3 is 0 Å². The van der Waals surface area contributed by atoms with Crippen molar-refractivity contribution in [1.82, 2.24) is 20.0 Å². The molecule has 3 heterocycles. The Morgan fingerprint density at radius 1 is 1.45 bits per heavy atom. The second-order valence-electron chi connectivity index (χ2n) is 4.66. The number of rotatable bonds is 2. The third-order valence-corrected chi connectivity index (χ3v) is 4.07. The maximum Gasteiger partial charge on any atom is 0.255 e. The Hall–Kier alpha value is -1.76. The molecule has 0 aromatic carbocycles. The lowest BCUT2D eigenvalue weighted by molar-refractivity contribution is 0.0595. The summed E-state index contributed by atoms with van der Waals surface area (Å²) in [7, 11) is 0. The maximum absolute atomic E-state index is 12.7. The van der Waals surface area contributed by atoms with Crippen molar-refractivity contribution in [1.29, 1.82) is 0 Å². The predicted octanol–water partition coefficient (Wildman–Crippen LogP) is 2.59. The van der Waals surface area contributed by atoms with Crippen molar-refractivity contribution >= 4 is 21.8 Å². The fourth-order valence-corrected chi connectivity index (χ4v) is 2.89. The highest BCUT2D eigenvalue weighted by Crippen LogP contribution is 2.31. The Balaban J connectivity index is 1.90. The van der Waals surface area contributed by atoms with E-state index in [2.05, 4.69) is 31.1 Å². The van der Waals surface area contributed by atoms with Gasteiger partial charge in [-0.3, -0.25) is 9.78 Å². The fraction of sp³-hybridized carbons (Fsp3) is 0.385. The van der Waals surface area contributed by atoms with Crippen molar-refractivity contribution in [2.75, 3.05) is 6.54 Å². The number of halogens is 1. The maximum atomic E-state index is 12.7. The fourth-order valence-electron chi connectivity index (χ4n) is 2.47. The number of carbonyl (C=O) groups is 1. The zero-order valence-corrected chi connectivity index (χ0v) is 12.3. The summed E-state index contributed by atoms with van der Waals surface area (Å²) in [5.74, 6) is 0.539. The quantitative estimate of drug-likeness (QED) is 0.842. The lowest BCUT2D eigenvalue weighted by atomic mass is 10.0. The Morgan fingerprint density at radius 3 is 3.10 bits per heavy atom. The predicted molar refractivity (Wildman–Crippen MR) is 73.9 cm³/mol. The van der Waals surface area contributed by atoms with Crippen LogP contribution in [-0.4, -0.2) is 32.5 Å². The molecule has 0 aliphatic carbocycles. The molecule has 0 spiro atoms. The first-order valence-corrected chi connectivity index (χ1v) is 7.23. The summed E-state index contributed by atoms with van der Waals surface area (Å²) in [5, 5.41) is 3.88. The van der Waals surface area contributed by atoms with Crippen LogP contribution in [0, 0.1) is 0 Å². The van der Waals surface area contributed by atoms with E-state index in [0.29, 0.717) is 22.4 Å². The highest BCUT2D eigenvalue weighted by atomic mass is 79.9. The van der Waals surface area contributed by atoms with Gasteiger partial charge in [-0.05, 0) is 41.3 Å². The number of aromatic nitrogens is 3. The van der Waals surface area contributed by atoms with Gasteiger partial charge in [0.05, 0.1) is 11.6 Å². The van der Waals surface area contributed by atoms with Gasteiger partial charge in [0.15, 0.2) is 5.82 Å². The van der Waals surface area contributed by atoms with Crippen LogP contribution in [0.2, 0.25) is 0 Å². The van der Waals surface area contributed by atoms with Crippen molar-refractivity contribution < 1.29 is 9.32 Å². The Labute approximate surface area is 124 Å². The molecule has 6 nitrogen and oxygen atoms in total. The second-order valence-corrected chi connectivity index (χ2v) is 5.51. The largest absolute Gasteiger partial charge is 0.343 e. The van der Waals surface area contributed by atoms with Crippen molar-refractivity contribution in [3.63, 3.8) is 0 Å². The molecule has 20 heavy (non-hydrogen) atoms. The second kappa shape index (κ2) is 5.70. The van der Waals surface area contributed by atoms with Gasteiger partial charge in [-0.2, -0.15) is 4.98 Å². The molecule has 3 rings (SSSR count). The summed E-state index contributed by atoms with van der Waals surface area (Å²) >= 11 is 3.37. The van der Waals surface area contributed by atoms with Gasteiger partial charge in [0.25, 0.3) is 5.91 Å². The summed E-state index contributed by atoms with van der Waals surface area (Å²) in [4.78, 5) is 22.6. The number of hydrogen-bond donors (Lipinski definition) is 0. The van der Waals surface area contributed by atoms with Crippen LogP contribution in [0.5, 0.6) is 0 Å². The van der Waals surface area contributed by atoms with Crippen molar-refractivity contribution in [3.05, 3.63) is 40.7 Å². The molecule has 0 N–H and O–H groups in total. The van der Waals surface area contributed by atoms with Crippen LogP contribution in [0.1, 0.15) is 41.5 Å². The van der Waals surface area contributed by atoms with E-state index < -0.39 is 0 Å². The third kappa shape index (κ3) is 2.45. The van der Waals surface area contributed by atoms with Crippen LogP contribution in [0.15, 0.2) is 33.8 Å². The van der Waals surface area contributed by atoms with E-state index >= 15 is 0 Å². The molecule has 1 fully saturated rings. The summed E-state index contributed by atoms with van der Waals surface area (Å²) in [6.07, 6.45) is 7.44. The molecule has 7 heteroatoms. The van der Waals surface area contributed by atoms with E-state index in [-0.39, 0.29) is 11.9 Å². The van der Waals surface area contributed by atoms with Gasteiger partial charge in [0.1, 0.15) is 0 Å². The average molecular weight is 337 g/mol. The van der Waals surface area contributed by atoms with Crippen LogP contribution in [0.4, 0.5) is 0 Å². The molecule has 2 aromatic heterocycles. The standard InChI is InChI=1S/C13H13BrN4O2/c14-10-7-15-5-4-9(10)13(19)18-6-2-1-3-11(18)12-16-8-20-17-12/h4-5,7-8,11H,1-3,6H2/t11-/m1/s1. The highest BCUT2D eigenvalue weighted by Gasteiger charge is 2.32. The van der Waals surface area contributed by atoms with Crippen LogP contribution in [-0.2, 0) is 0 Å². The Morgan fingerprint density at radius 2 is 2.35 bits per heavy atom. The van der Waals surface area contributed by atoms with E-state index in [1.54, 1.807) is 18.5 Å². The average Bonchev–Trinajstić information content (AvgIpc) is 3.01. The van der Waals surface area contributed by atoms with E-state index in [0.717, 1.165) is 19.3 Å². The zero-order chi connectivity index (χ0) is 13.9. The number of amides is 1. The molecule has 0 radical (unpaired) electrons. The number of carbonyl (C=O) groups excluding carboxylic acids is 1. The molecule has 104 valence electrons. The van der Waals surface area contributed by atoms with Crippen LogP contribution in [0.3, 0.4) is 0 Å². The molecule has 1 saturated heterocycles. The lowest BCUT2D eigenvalue weighted by Gasteiger charge is -2.34. The normalized spacial score (nSPS) is 19.1. The van der Waals surface area contributed by atoms with Crippen molar-refractivity contribution in [2.45, 2.75) is 25.3 Å². The van der Waals surface area contributed by atoms with Gasteiger partial charge in [-0.1, -0.05) is 5.16 Å². The zero-order valence-electron chi connectivity index (χ0n) is 10.7. The van der Waals surface area contributed by atoms with Crippen LogP contribution >= 0.6 is 15.9 Å². The minimum atomic E-state index is -0.116. The van der Waals surface area contributed by atoms with E-state index in [1.807, 2.05) is 4.90 Å². The van der Waals surface area contributed by atoms with Crippen LogP contribution < -0.4 is 0 Å². The third-order valence-electron chi connectivity index (χ3n) is 3.44. The smallest absolute Gasteiger partial charge is 0.255 e. The SMILES string of the molecule is O=C(c1ccncc1Br)N1CCCC[C@@H]1c1ncon1. The number of nitrogens with zero attached hydrogens (tertiary/aromatic N) is 4. The summed E-state index contributed by atoms with van der Waals surface area (Å²) in [6.45, 7) is 0.701. The van der Waals surface area contributed by atoms with E-state index in [4.69, 9.17) is 4.52 Å². The minimum Gasteiger partial charge on any atom is -0.343 e. The first kappa shape index (κ1) is 13.2. The molecule has 1 aliphatic rings. The van der Waals surface area contributed by atoms with Gasteiger partial charge in [0.2, 0.25) is 6.39 Å².